The molecule has 2 aromatic rings. The molecular formula is C14H16ClN3OS. The van der Waals surface area contributed by atoms with Crippen LogP contribution in [0.3, 0.4) is 0 Å². The number of benzene rings is 1. The quantitative estimate of drug-likeness (QED) is 0.890. The van der Waals surface area contributed by atoms with E-state index in [9.17, 15) is 4.79 Å². The second-order valence-electron chi connectivity index (χ2n) is 4.42. The molecule has 2 N–H and O–H groups in total. The molecule has 20 heavy (non-hydrogen) atoms. The number of aromatic nitrogens is 1. The number of hydrogen-bond donors (Lipinski definition) is 2. The van der Waals surface area contributed by atoms with E-state index in [4.69, 9.17) is 11.6 Å². The molecule has 106 valence electrons. The third-order valence-corrected chi connectivity index (χ3v) is 4.18. The Balaban J connectivity index is 2.03. The Bertz CT molecular complexity index is 586. The van der Waals surface area contributed by atoms with Crippen LogP contribution in [-0.2, 0) is 0 Å². The van der Waals surface area contributed by atoms with Gasteiger partial charge in [-0.05, 0) is 18.2 Å². The standard InChI is InChI=1S/C14H16ClN3OS/c1-9(14-17-5-6-20-14)8-18-13(19)11-7-10(15)3-4-12(11)16-2/h3-7,9,16H,8H2,1-2H3,(H,18,19). The first-order valence-electron chi connectivity index (χ1n) is 6.26. The molecule has 0 saturated carbocycles. The first-order chi connectivity index (χ1) is 9.61. The first kappa shape index (κ1) is 14.8. The highest BCUT2D eigenvalue weighted by Gasteiger charge is 2.14. The normalized spacial score (nSPS) is 11.9. The van der Waals surface area contributed by atoms with Crippen molar-refractivity contribution in [2.75, 3.05) is 18.9 Å². The molecule has 4 nitrogen and oxygen atoms in total. The van der Waals surface area contributed by atoms with Gasteiger partial charge in [-0.25, -0.2) is 4.98 Å². The lowest BCUT2D eigenvalue weighted by molar-refractivity contribution is 0.0952. The summed E-state index contributed by atoms with van der Waals surface area (Å²) in [6, 6.07) is 5.21. The van der Waals surface area contributed by atoms with Crippen molar-refractivity contribution in [1.29, 1.82) is 0 Å². The number of amides is 1. The van der Waals surface area contributed by atoms with Crippen LogP contribution in [-0.4, -0.2) is 24.5 Å². The molecule has 0 aliphatic carbocycles. The molecule has 1 amide bonds. The lowest BCUT2D eigenvalue weighted by atomic mass is 10.1. The molecule has 0 aliphatic rings. The summed E-state index contributed by atoms with van der Waals surface area (Å²) < 4.78 is 0. The largest absolute Gasteiger partial charge is 0.387 e. The molecule has 0 spiro atoms. The number of nitrogens with one attached hydrogen (secondary N) is 2. The van der Waals surface area contributed by atoms with Crippen LogP contribution in [0.4, 0.5) is 5.69 Å². The predicted octanol–water partition coefficient (Wildman–Crippen LogP) is 3.37. The van der Waals surface area contributed by atoms with E-state index < -0.39 is 0 Å². The zero-order valence-corrected chi connectivity index (χ0v) is 12.9. The minimum atomic E-state index is -0.139. The number of carbonyl (C=O) groups excluding carboxylic acids is 1. The number of hydrogen-bond acceptors (Lipinski definition) is 4. The molecule has 6 heteroatoms. The van der Waals surface area contributed by atoms with Crippen molar-refractivity contribution in [1.82, 2.24) is 10.3 Å². The topological polar surface area (TPSA) is 54.0 Å². The number of rotatable bonds is 5. The number of thiazole rings is 1. The fourth-order valence-corrected chi connectivity index (χ4v) is 2.70. The summed E-state index contributed by atoms with van der Waals surface area (Å²) in [6.45, 7) is 2.58. The van der Waals surface area contributed by atoms with Gasteiger partial charge >= 0.3 is 0 Å². The van der Waals surface area contributed by atoms with Gasteiger partial charge in [0, 0.05) is 41.8 Å². The molecule has 1 unspecified atom stereocenters. The summed E-state index contributed by atoms with van der Waals surface area (Å²) >= 11 is 7.54. The molecule has 2 rings (SSSR count). The third kappa shape index (κ3) is 3.49. The van der Waals surface area contributed by atoms with Crippen molar-refractivity contribution in [3.05, 3.63) is 45.4 Å². The SMILES string of the molecule is CNc1ccc(Cl)cc1C(=O)NCC(C)c1nccs1. The van der Waals surface area contributed by atoms with Gasteiger partial charge < -0.3 is 10.6 Å². The van der Waals surface area contributed by atoms with Crippen LogP contribution in [0, 0.1) is 0 Å². The molecule has 0 bridgehead atoms. The van der Waals surface area contributed by atoms with E-state index in [1.807, 2.05) is 12.3 Å². The zero-order chi connectivity index (χ0) is 14.5. The van der Waals surface area contributed by atoms with Crippen molar-refractivity contribution in [2.45, 2.75) is 12.8 Å². The van der Waals surface area contributed by atoms with Gasteiger partial charge in [-0.3, -0.25) is 4.79 Å². The van der Waals surface area contributed by atoms with E-state index in [1.165, 1.54) is 0 Å². The summed E-state index contributed by atoms with van der Waals surface area (Å²) in [5.41, 5.74) is 1.31. The highest BCUT2D eigenvalue weighted by molar-refractivity contribution is 7.09. The van der Waals surface area contributed by atoms with Crippen LogP contribution in [0.25, 0.3) is 0 Å². The second kappa shape index (κ2) is 6.72. The third-order valence-electron chi connectivity index (χ3n) is 2.94. The molecule has 0 saturated heterocycles. The zero-order valence-electron chi connectivity index (χ0n) is 11.3. The van der Waals surface area contributed by atoms with E-state index in [2.05, 4.69) is 15.6 Å². The maximum atomic E-state index is 12.2. The van der Waals surface area contributed by atoms with Crippen molar-refractivity contribution < 1.29 is 4.79 Å². The van der Waals surface area contributed by atoms with E-state index in [1.54, 1.807) is 42.8 Å². The van der Waals surface area contributed by atoms with E-state index in [0.717, 1.165) is 10.7 Å². The van der Waals surface area contributed by atoms with Gasteiger partial charge in [-0.1, -0.05) is 18.5 Å². The Morgan fingerprint density at radius 3 is 2.95 bits per heavy atom. The number of carbonyl (C=O) groups is 1. The van der Waals surface area contributed by atoms with Gasteiger partial charge in [-0.2, -0.15) is 0 Å². The van der Waals surface area contributed by atoms with Crippen molar-refractivity contribution in [3.63, 3.8) is 0 Å². The average molecular weight is 310 g/mol. The summed E-state index contributed by atoms with van der Waals surface area (Å²) in [5.74, 6) is 0.0522. The Kier molecular flexibility index (Phi) is 4.98. The summed E-state index contributed by atoms with van der Waals surface area (Å²) in [4.78, 5) is 16.5. The highest BCUT2D eigenvalue weighted by Crippen LogP contribution is 2.21. The Morgan fingerprint density at radius 2 is 2.30 bits per heavy atom. The minimum Gasteiger partial charge on any atom is -0.387 e. The Hall–Kier alpha value is -1.59. The van der Waals surface area contributed by atoms with Gasteiger partial charge in [-0.15, -0.1) is 11.3 Å². The number of anilines is 1. The lowest BCUT2D eigenvalue weighted by Gasteiger charge is -2.13. The van der Waals surface area contributed by atoms with Crippen LogP contribution in [0.2, 0.25) is 5.02 Å². The maximum Gasteiger partial charge on any atom is 0.253 e. The Labute approximate surface area is 127 Å². The summed E-state index contributed by atoms with van der Waals surface area (Å²) in [7, 11) is 1.78. The van der Waals surface area contributed by atoms with Crippen LogP contribution in [0.15, 0.2) is 29.8 Å². The maximum absolute atomic E-state index is 12.2. The van der Waals surface area contributed by atoms with Gasteiger partial charge in [0.25, 0.3) is 5.91 Å². The molecule has 1 heterocycles. The van der Waals surface area contributed by atoms with Crippen LogP contribution >= 0.6 is 22.9 Å². The first-order valence-corrected chi connectivity index (χ1v) is 7.52. The molecule has 1 atom stereocenters. The van der Waals surface area contributed by atoms with Gasteiger partial charge in [0.15, 0.2) is 0 Å². The van der Waals surface area contributed by atoms with Gasteiger partial charge in [0.05, 0.1) is 10.6 Å². The fourth-order valence-electron chi connectivity index (χ4n) is 1.83. The summed E-state index contributed by atoms with van der Waals surface area (Å²) in [6.07, 6.45) is 1.77. The lowest BCUT2D eigenvalue weighted by Crippen LogP contribution is -2.28. The van der Waals surface area contributed by atoms with Gasteiger partial charge in [0.1, 0.15) is 0 Å². The van der Waals surface area contributed by atoms with E-state index >= 15 is 0 Å². The average Bonchev–Trinajstić information content (AvgIpc) is 2.98. The molecule has 0 aliphatic heterocycles. The van der Waals surface area contributed by atoms with Crippen molar-refractivity contribution >= 4 is 34.5 Å². The molecular weight excluding hydrogens is 294 g/mol. The van der Waals surface area contributed by atoms with Crippen LogP contribution in [0.1, 0.15) is 28.2 Å². The van der Waals surface area contributed by atoms with Crippen LogP contribution < -0.4 is 10.6 Å². The molecule has 1 aromatic heterocycles. The number of nitrogens with zero attached hydrogens (tertiary/aromatic N) is 1. The number of halogens is 1. The predicted molar refractivity (Wildman–Crippen MR) is 83.9 cm³/mol. The van der Waals surface area contributed by atoms with Crippen LogP contribution in [0.5, 0.6) is 0 Å². The van der Waals surface area contributed by atoms with Gasteiger partial charge in [0.2, 0.25) is 0 Å². The molecule has 1 aromatic carbocycles. The Morgan fingerprint density at radius 1 is 1.50 bits per heavy atom. The van der Waals surface area contributed by atoms with Crippen molar-refractivity contribution in [2.24, 2.45) is 0 Å². The van der Waals surface area contributed by atoms with E-state index in [0.29, 0.717) is 17.1 Å². The fraction of sp³-hybridized carbons (Fsp3) is 0.286. The summed E-state index contributed by atoms with van der Waals surface area (Å²) in [5, 5.41) is 9.40. The molecule has 0 radical (unpaired) electrons. The monoisotopic (exact) mass is 309 g/mol. The molecule has 0 fully saturated rings. The highest BCUT2D eigenvalue weighted by atomic mass is 35.5. The minimum absolute atomic E-state index is 0.139. The second-order valence-corrected chi connectivity index (χ2v) is 5.78. The van der Waals surface area contributed by atoms with Crippen molar-refractivity contribution in [3.8, 4) is 0 Å². The van der Waals surface area contributed by atoms with E-state index in [-0.39, 0.29) is 11.8 Å². The smallest absolute Gasteiger partial charge is 0.253 e.